The lowest BCUT2D eigenvalue weighted by atomic mass is 9.99. The number of phenols is 2. The standard InChI is InChI=1S/C14H12N2O4/c17-11-6-5-8(7-12(11)18)14(13(19)20)15-9-3-1-2-4-10(9)16-14/h1-7,15-18H,(H,19,20). The number of hydrogen-bond acceptors (Lipinski definition) is 5. The van der Waals surface area contributed by atoms with Gasteiger partial charge in [-0.1, -0.05) is 18.2 Å². The van der Waals surface area contributed by atoms with E-state index >= 15 is 0 Å². The van der Waals surface area contributed by atoms with Crippen molar-refractivity contribution in [1.82, 2.24) is 0 Å². The molecule has 0 spiro atoms. The molecule has 0 bridgehead atoms. The third-order valence-corrected chi connectivity index (χ3v) is 3.30. The number of para-hydroxylation sites is 2. The molecule has 6 nitrogen and oxygen atoms in total. The number of aromatic hydroxyl groups is 2. The van der Waals surface area contributed by atoms with Gasteiger partial charge in [0.05, 0.1) is 11.4 Å². The van der Waals surface area contributed by atoms with E-state index in [9.17, 15) is 20.1 Å². The number of carboxylic acid groups (broad SMARTS) is 1. The molecular formula is C14H12N2O4. The Bertz CT molecular complexity index is 674. The van der Waals surface area contributed by atoms with Crippen molar-refractivity contribution in [2.75, 3.05) is 10.6 Å². The highest BCUT2D eigenvalue weighted by atomic mass is 16.4. The normalized spacial score (nSPS) is 15.0. The Morgan fingerprint density at radius 1 is 0.950 bits per heavy atom. The highest BCUT2D eigenvalue weighted by Gasteiger charge is 2.45. The third-order valence-electron chi connectivity index (χ3n) is 3.30. The lowest BCUT2D eigenvalue weighted by molar-refractivity contribution is -0.141. The van der Waals surface area contributed by atoms with Gasteiger partial charge in [-0.3, -0.25) is 0 Å². The summed E-state index contributed by atoms with van der Waals surface area (Å²) in [4.78, 5) is 11.7. The first-order valence-corrected chi connectivity index (χ1v) is 5.94. The van der Waals surface area contributed by atoms with Crippen LogP contribution in [0.1, 0.15) is 5.56 Å². The van der Waals surface area contributed by atoms with Crippen LogP contribution in [-0.2, 0) is 10.5 Å². The monoisotopic (exact) mass is 272 g/mol. The maximum absolute atomic E-state index is 11.7. The smallest absolute Gasteiger partial charge is 0.355 e. The van der Waals surface area contributed by atoms with Crippen LogP contribution in [0.3, 0.4) is 0 Å². The summed E-state index contributed by atoms with van der Waals surface area (Å²) < 4.78 is 0. The predicted octanol–water partition coefficient (Wildman–Crippen LogP) is 1.87. The number of anilines is 2. The second-order valence-electron chi connectivity index (χ2n) is 4.55. The Morgan fingerprint density at radius 3 is 2.05 bits per heavy atom. The first-order valence-electron chi connectivity index (χ1n) is 5.94. The number of carboxylic acids is 1. The van der Waals surface area contributed by atoms with Gasteiger partial charge < -0.3 is 26.0 Å². The van der Waals surface area contributed by atoms with Crippen molar-refractivity contribution in [3.05, 3.63) is 48.0 Å². The highest BCUT2D eigenvalue weighted by molar-refractivity contribution is 5.94. The largest absolute Gasteiger partial charge is 0.504 e. The quantitative estimate of drug-likeness (QED) is 0.535. The first kappa shape index (κ1) is 12.2. The molecule has 0 amide bonds. The maximum atomic E-state index is 11.7. The number of aliphatic carboxylic acids is 1. The molecule has 0 unspecified atom stereocenters. The van der Waals surface area contributed by atoms with Crippen LogP contribution in [0, 0.1) is 0 Å². The molecule has 5 N–H and O–H groups in total. The molecule has 3 rings (SSSR count). The lowest BCUT2D eigenvalue weighted by Crippen LogP contribution is -2.46. The fourth-order valence-electron chi connectivity index (χ4n) is 2.27. The van der Waals surface area contributed by atoms with Gasteiger partial charge >= 0.3 is 5.97 Å². The number of benzene rings is 2. The van der Waals surface area contributed by atoms with E-state index in [1.165, 1.54) is 18.2 Å². The van der Waals surface area contributed by atoms with Gasteiger partial charge in [-0.2, -0.15) is 0 Å². The predicted molar refractivity (Wildman–Crippen MR) is 72.8 cm³/mol. The summed E-state index contributed by atoms with van der Waals surface area (Å²) in [5, 5.41) is 34.3. The zero-order valence-corrected chi connectivity index (χ0v) is 10.3. The van der Waals surface area contributed by atoms with E-state index in [0.717, 1.165) is 0 Å². The van der Waals surface area contributed by atoms with Crippen LogP contribution < -0.4 is 10.6 Å². The van der Waals surface area contributed by atoms with Gasteiger partial charge in [0.15, 0.2) is 11.5 Å². The molecule has 1 aliphatic heterocycles. The zero-order valence-electron chi connectivity index (χ0n) is 10.3. The summed E-state index contributed by atoms with van der Waals surface area (Å²) >= 11 is 0. The number of fused-ring (bicyclic) bond motifs is 1. The molecular weight excluding hydrogens is 260 g/mol. The second-order valence-corrected chi connectivity index (χ2v) is 4.55. The minimum absolute atomic E-state index is 0.288. The minimum Gasteiger partial charge on any atom is -0.504 e. The SMILES string of the molecule is O=C(O)C1(c2ccc(O)c(O)c2)Nc2ccccc2N1. The summed E-state index contributed by atoms with van der Waals surface area (Å²) in [5.41, 5.74) is 0.0240. The van der Waals surface area contributed by atoms with Gasteiger partial charge in [0.1, 0.15) is 0 Å². The lowest BCUT2D eigenvalue weighted by Gasteiger charge is -2.26. The Hall–Kier alpha value is -2.89. The van der Waals surface area contributed by atoms with Gasteiger partial charge in [-0.15, -0.1) is 0 Å². The fourth-order valence-corrected chi connectivity index (χ4v) is 2.27. The fraction of sp³-hybridized carbons (Fsp3) is 0.0714. The number of phenolic OH excluding ortho intramolecular Hbond substituents is 2. The van der Waals surface area contributed by atoms with E-state index in [1.807, 2.05) is 0 Å². The van der Waals surface area contributed by atoms with E-state index in [4.69, 9.17) is 0 Å². The van der Waals surface area contributed by atoms with Crippen LogP contribution >= 0.6 is 0 Å². The minimum atomic E-state index is -1.57. The highest BCUT2D eigenvalue weighted by Crippen LogP contribution is 2.41. The van der Waals surface area contributed by atoms with Crippen molar-refractivity contribution in [2.24, 2.45) is 0 Å². The van der Waals surface area contributed by atoms with Crippen LogP contribution in [-0.4, -0.2) is 21.3 Å². The average Bonchev–Trinajstić information content (AvgIpc) is 2.82. The summed E-state index contributed by atoms with van der Waals surface area (Å²) in [7, 11) is 0. The topological polar surface area (TPSA) is 102 Å². The van der Waals surface area contributed by atoms with E-state index in [0.29, 0.717) is 11.4 Å². The molecule has 0 aliphatic carbocycles. The van der Waals surface area contributed by atoms with Crippen molar-refractivity contribution in [1.29, 1.82) is 0 Å². The third kappa shape index (κ3) is 1.62. The Kier molecular flexibility index (Phi) is 2.47. The molecule has 0 atom stereocenters. The molecule has 0 saturated carbocycles. The molecule has 6 heteroatoms. The number of nitrogens with one attached hydrogen (secondary N) is 2. The van der Waals surface area contributed by atoms with Gasteiger partial charge in [0.2, 0.25) is 5.66 Å². The molecule has 2 aromatic rings. The van der Waals surface area contributed by atoms with Crippen LogP contribution in [0.5, 0.6) is 11.5 Å². The molecule has 102 valence electrons. The molecule has 2 aromatic carbocycles. The zero-order chi connectivity index (χ0) is 14.3. The second kappa shape index (κ2) is 4.06. The van der Waals surface area contributed by atoms with Gasteiger partial charge in [-0.05, 0) is 24.3 Å². The molecule has 0 radical (unpaired) electrons. The molecule has 1 heterocycles. The molecule has 20 heavy (non-hydrogen) atoms. The van der Waals surface area contributed by atoms with Crippen LogP contribution in [0.4, 0.5) is 11.4 Å². The molecule has 0 aromatic heterocycles. The van der Waals surface area contributed by atoms with Crippen LogP contribution in [0.15, 0.2) is 42.5 Å². The summed E-state index contributed by atoms with van der Waals surface area (Å²) in [6, 6.07) is 11.0. The Morgan fingerprint density at radius 2 is 1.55 bits per heavy atom. The van der Waals surface area contributed by atoms with E-state index in [-0.39, 0.29) is 17.1 Å². The summed E-state index contributed by atoms with van der Waals surface area (Å²) in [6.45, 7) is 0. The molecule has 0 fully saturated rings. The van der Waals surface area contributed by atoms with E-state index < -0.39 is 11.6 Å². The maximum Gasteiger partial charge on any atom is 0.355 e. The van der Waals surface area contributed by atoms with Crippen molar-refractivity contribution in [3.63, 3.8) is 0 Å². The Balaban J connectivity index is 2.12. The van der Waals surface area contributed by atoms with Crippen LogP contribution in [0.25, 0.3) is 0 Å². The van der Waals surface area contributed by atoms with Crippen molar-refractivity contribution in [2.45, 2.75) is 5.66 Å². The van der Waals surface area contributed by atoms with E-state index in [1.54, 1.807) is 24.3 Å². The summed E-state index contributed by atoms with van der Waals surface area (Å²) in [6.07, 6.45) is 0. The van der Waals surface area contributed by atoms with Gasteiger partial charge in [0, 0.05) is 5.56 Å². The van der Waals surface area contributed by atoms with Gasteiger partial charge in [-0.25, -0.2) is 4.79 Å². The van der Waals surface area contributed by atoms with Crippen molar-refractivity contribution >= 4 is 17.3 Å². The number of rotatable bonds is 2. The molecule has 1 aliphatic rings. The van der Waals surface area contributed by atoms with Gasteiger partial charge in [0.25, 0.3) is 0 Å². The number of hydrogen-bond donors (Lipinski definition) is 5. The first-order chi connectivity index (χ1) is 9.53. The number of carbonyl (C=O) groups is 1. The Labute approximate surface area is 114 Å². The molecule has 0 saturated heterocycles. The average molecular weight is 272 g/mol. The van der Waals surface area contributed by atoms with Crippen LogP contribution in [0.2, 0.25) is 0 Å². The van der Waals surface area contributed by atoms with Crippen molar-refractivity contribution in [3.8, 4) is 11.5 Å². The van der Waals surface area contributed by atoms with Crippen molar-refractivity contribution < 1.29 is 20.1 Å². The summed E-state index contributed by atoms with van der Waals surface area (Å²) in [5.74, 6) is -1.81. The van der Waals surface area contributed by atoms with E-state index in [2.05, 4.69) is 10.6 Å².